The summed E-state index contributed by atoms with van der Waals surface area (Å²) in [6, 6.07) is 7.98. The van der Waals surface area contributed by atoms with Gasteiger partial charge in [-0.05, 0) is 30.5 Å². The summed E-state index contributed by atoms with van der Waals surface area (Å²) in [5, 5.41) is 8.87. The van der Waals surface area contributed by atoms with E-state index in [9.17, 15) is 14.0 Å². The molecule has 1 heterocycles. The Morgan fingerprint density at radius 2 is 1.95 bits per heavy atom. The highest BCUT2D eigenvalue weighted by atomic mass is 19.1. The van der Waals surface area contributed by atoms with E-state index in [0.717, 1.165) is 18.4 Å². The second-order valence-electron chi connectivity index (χ2n) is 5.33. The molecule has 1 aliphatic rings. The molecule has 21 heavy (non-hydrogen) atoms. The van der Waals surface area contributed by atoms with Crippen LogP contribution >= 0.6 is 0 Å². The number of benzene rings is 1. The Balaban J connectivity index is 1.97. The van der Waals surface area contributed by atoms with E-state index < -0.39 is 11.2 Å². The first-order chi connectivity index (χ1) is 10.0. The van der Waals surface area contributed by atoms with Gasteiger partial charge in [0.05, 0.1) is 0 Å². The molecule has 0 atom stereocenters. The lowest BCUT2D eigenvalue weighted by Crippen LogP contribution is -2.34. The third-order valence-electron chi connectivity index (χ3n) is 3.91. The van der Waals surface area contributed by atoms with E-state index >= 15 is 0 Å². The summed E-state index contributed by atoms with van der Waals surface area (Å²) in [7, 11) is 0. The zero-order chi connectivity index (χ0) is 15.0. The molecule has 1 aliphatic carbocycles. The zero-order valence-corrected chi connectivity index (χ0v) is 11.1. The van der Waals surface area contributed by atoms with Gasteiger partial charge in [0.2, 0.25) is 0 Å². The van der Waals surface area contributed by atoms with Crippen molar-refractivity contribution in [2.24, 2.45) is 0 Å². The fourth-order valence-corrected chi connectivity index (χ4v) is 2.52. The van der Waals surface area contributed by atoms with Crippen LogP contribution in [0.1, 0.15) is 24.0 Å². The van der Waals surface area contributed by atoms with E-state index in [1.54, 1.807) is 18.2 Å². The summed E-state index contributed by atoms with van der Waals surface area (Å²) in [4.78, 5) is 25.4. The number of aromatic amines is 1. The smallest absolute Gasteiger partial charge is 0.298 e. The highest BCUT2D eigenvalue weighted by Crippen LogP contribution is 2.49. The summed E-state index contributed by atoms with van der Waals surface area (Å²) in [5.74, 6) is -0.303. The average Bonchev–Trinajstić information content (AvgIpc) is 3.23. The van der Waals surface area contributed by atoms with E-state index in [0.29, 0.717) is 6.54 Å². The molecule has 0 spiro atoms. The van der Waals surface area contributed by atoms with Gasteiger partial charge in [-0.1, -0.05) is 12.1 Å². The van der Waals surface area contributed by atoms with Crippen LogP contribution in [0.25, 0.3) is 0 Å². The number of hydrogen-bond donors (Lipinski definition) is 1. The van der Waals surface area contributed by atoms with Gasteiger partial charge in [0.1, 0.15) is 17.4 Å². The van der Waals surface area contributed by atoms with Crippen molar-refractivity contribution in [2.75, 3.05) is 0 Å². The number of hydrogen-bond acceptors (Lipinski definition) is 3. The van der Waals surface area contributed by atoms with Crippen LogP contribution in [-0.2, 0) is 12.0 Å². The second kappa shape index (κ2) is 4.70. The van der Waals surface area contributed by atoms with Crippen molar-refractivity contribution in [3.63, 3.8) is 0 Å². The molecule has 1 aromatic heterocycles. The van der Waals surface area contributed by atoms with Crippen molar-refractivity contribution in [2.45, 2.75) is 24.8 Å². The average molecular weight is 285 g/mol. The number of nitrogens with one attached hydrogen (secondary N) is 1. The minimum atomic E-state index is -0.676. The molecular weight excluding hydrogens is 273 g/mol. The Morgan fingerprint density at radius 3 is 2.52 bits per heavy atom. The molecule has 0 aliphatic heterocycles. The van der Waals surface area contributed by atoms with Gasteiger partial charge < -0.3 is 0 Å². The number of aromatic nitrogens is 2. The van der Waals surface area contributed by atoms with E-state index in [1.165, 1.54) is 22.9 Å². The van der Waals surface area contributed by atoms with Crippen molar-refractivity contribution in [3.05, 3.63) is 68.2 Å². The van der Waals surface area contributed by atoms with Crippen LogP contribution in [-0.4, -0.2) is 9.55 Å². The Hall–Kier alpha value is -2.68. The number of nitriles is 1. The maximum absolute atomic E-state index is 13.0. The molecule has 1 aromatic carbocycles. The van der Waals surface area contributed by atoms with Crippen molar-refractivity contribution in [1.29, 1.82) is 5.26 Å². The second-order valence-corrected chi connectivity index (χ2v) is 5.33. The van der Waals surface area contributed by atoms with E-state index in [4.69, 9.17) is 5.26 Å². The summed E-state index contributed by atoms with van der Waals surface area (Å²) >= 11 is 0. The molecule has 2 aromatic rings. The predicted octanol–water partition coefficient (Wildman–Crippen LogP) is 1.28. The molecule has 1 saturated carbocycles. The van der Waals surface area contributed by atoms with Gasteiger partial charge in [0.25, 0.3) is 5.56 Å². The molecule has 0 saturated heterocycles. The van der Waals surface area contributed by atoms with Gasteiger partial charge in [-0.2, -0.15) is 5.26 Å². The molecule has 0 amide bonds. The van der Waals surface area contributed by atoms with Crippen LogP contribution in [0.15, 0.2) is 40.1 Å². The van der Waals surface area contributed by atoms with E-state index in [2.05, 4.69) is 4.98 Å². The van der Waals surface area contributed by atoms with Gasteiger partial charge in [-0.15, -0.1) is 0 Å². The maximum Gasteiger partial charge on any atom is 0.328 e. The van der Waals surface area contributed by atoms with Gasteiger partial charge in [-0.3, -0.25) is 14.3 Å². The van der Waals surface area contributed by atoms with Crippen LogP contribution in [0.4, 0.5) is 4.39 Å². The summed E-state index contributed by atoms with van der Waals surface area (Å²) < 4.78 is 14.3. The highest BCUT2D eigenvalue weighted by Gasteiger charge is 2.44. The maximum atomic E-state index is 13.0. The van der Waals surface area contributed by atoms with Crippen LogP contribution in [0.3, 0.4) is 0 Å². The van der Waals surface area contributed by atoms with Gasteiger partial charge in [0.15, 0.2) is 0 Å². The first-order valence-corrected chi connectivity index (χ1v) is 6.54. The summed E-state index contributed by atoms with van der Waals surface area (Å²) in [5.41, 5.74) is -0.564. The summed E-state index contributed by atoms with van der Waals surface area (Å²) in [6.07, 6.45) is 3.04. The molecule has 0 radical (unpaired) electrons. The zero-order valence-electron chi connectivity index (χ0n) is 11.1. The number of H-pyrrole nitrogens is 1. The van der Waals surface area contributed by atoms with Crippen molar-refractivity contribution < 1.29 is 4.39 Å². The Kier molecular flexibility index (Phi) is 2.98. The molecule has 3 rings (SSSR count). The van der Waals surface area contributed by atoms with Gasteiger partial charge in [-0.25, -0.2) is 9.18 Å². The van der Waals surface area contributed by atoms with Crippen LogP contribution < -0.4 is 11.2 Å². The van der Waals surface area contributed by atoms with Crippen LogP contribution in [0.2, 0.25) is 0 Å². The van der Waals surface area contributed by atoms with E-state index in [1.807, 2.05) is 0 Å². The monoisotopic (exact) mass is 285 g/mol. The first-order valence-electron chi connectivity index (χ1n) is 6.54. The molecule has 0 unspecified atom stereocenters. The third kappa shape index (κ3) is 2.38. The molecule has 6 heteroatoms. The Morgan fingerprint density at radius 1 is 1.29 bits per heavy atom. The molecule has 1 fully saturated rings. The quantitative estimate of drug-likeness (QED) is 0.922. The highest BCUT2D eigenvalue weighted by molar-refractivity contribution is 5.31. The lowest BCUT2D eigenvalue weighted by molar-refractivity contribution is 0.521. The molecule has 1 N–H and O–H groups in total. The fraction of sp³-hybridized carbons (Fsp3) is 0.267. The third-order valence-corrected chi connectivity index (χ3v) is 3.91. The standard InChI is InChI=1S/C15H12FN3O2/c16-12-3-1-11(2-4-12)15(5-6-15)9-19-8-10(7-17)13(20)18-14(19)21/h1-4,8H,5-6,9H2,(H,18,20,21). The van der Waals surface area contributed by atoms with Gasteiger partial charge in [0, 0.05) is 18.2 Å². The lowest BCUT2D eigenvalue weighted by atomic mass is 9.96. The van der Waals surface area contributed by atoms with Gasteiger partial charge >= 0.3 is 5.69 Å². The number of halogens is 1. The minimum absolute atomic E-state index is 0.0930. The molecule has 0 bridgehead atoms. The largest absolute Gasteiger partial charge is 0.328 e. The van der Waals surface area contributed by atoms with Crippen molar-refractivity contribution in [3.8, 4) is 6.07 Å². The van der Waals surface area contributed by atoms with Crippen molar-refractivity contribution >= 4 is 0 Å². The minimum Gasteiger partial charge on any atom is -0.298 e. The summed E-state index contributed by atoms with van der Waals surface area (Å²) in [6.45, 7) is 0.364. The first kappa shape index (κ1) is 13.3. The SMILES string of the molecule is N#Cc1cn(CC2(c3ccc(F)cc3)CC2)c(=O)[nH]c1=O. The van der Waals surface area contributed by atoms with E-state index in [-0.39, 0.29) is 16.8 Å². The predicted molar refractivity (Wildman–Crippen MR) is 73.3 cm³/mol. The lowest BCUT2D eigenvalue weighted by Gasteiger charge is -2.17. The molecule has 5 nitrogen and oxygen atoms in total. The Labute approximate surface area is 119 Å². The normalized spacial score (nSPS) is 15.4. The van der Waals surface area contributed by atoms with Crippen LogP contribution in [0, 0.1) is 17.1 Å². The molecule has 106 valence electrons. The number of nitrogens with zero attached hydrogens (tertiary/aromatic N) is 2. The van der Waals surface area contributed by atoms with Crippen molar-refractivity contribution in [1.82, 2.24) is 9.55 Å². The fourth-order valence-electron chi connectivity index (χ4n) is 2.52. The Bertz CT molecular complexity index is 839. The topological polar surface area (TPSA) is 78.7 Å². The number of rotatable bonds is 3. The molecular formula is C15H12FN3O2. The van der Waals surface area contributed by atoms with Crippen LogP contribution in [0.5, 0.6) is 0 Å².